The van der Waals surface area contributed by atoms with E-state index in [0.29, 0.717) is 21.9 Å². The van der Waals surface area contributed by atoms with Gasteiger partial charge in [0.1, 0.15) is 0 Å². The molecule has 3 aromatic carbocycles. The van der Waals surface area contributed by atoms with Crippen LogP contribution in [-0.4, -0.2) is 29.1 Å². The van der Waals surface area contributed by atoms with E-state index in [1.54, 1.807) is 66.7 Å². The summed E-state index contributed by atoms with van der Waals surface area (Å²) in [4.78, 5) is 39.2. The lowest BCUT2D eigenvalue weighted by Gasteiger charge is -2.12. The standard InChI is InChI=1S/C25H17BrClNO5S/c1-32-21-11-15(8-9-20(21)33-24(30)17-5-3-6-18(26)13-17)12-22-23(29)28(25(31)34-22)14-16-4-2-7-19(27)10-16/h2-13H,14H2,1H3/b22-12-. The number of halogens is 2. The van der Waals surface area contributed by atoms with E-state index in [4.69, 9.17) is 21.1 Å². The van der Waals surface area contributed by atoms with Crippen LogP contribution in [0.15, 0.2) is 76.1 Å². The lowest BCUT2D eigenvalue weighted by atomic mass is 10.1. The number of methoxy groups -OCH3 is 1. The van der Waals surface area contributed by atoms with Gasteiger partial charge >= 0.3 is 5.97 Å². The molecule has 6 nitrogen and oxygen atoms in total. The fraction of sp³-hybridized carbons (Fsp3) is 0.0800. The van der Waals surface area contributed by atoms with Gasteiger partial charge in [0, 0.05) is 9.50 Å². The number of hydrogen-bond acceptors (Lipinski definition) is 6. The highest BCUT2D eigenvalue weighted by Crippen LogP contribution is 2.35. The minimum Gasteiger partial charge on any atom is -0.493 e. The molecule has 0 aromatic heterocycles. The van der Waals surface area contributed by atoms with Crippen molar-refractivity contribution in [2.45, 2.75) is 6.54 Å². The van der Waals surface area contributed by atoms with Crippen molar-refractivity contribution in [3.63, 3.8) is 0 Å². The summed E-state index contributed by atoms with van der Waals surface area (Å²) in [5.74, 6) is -0.373. The van der Waals surface area contributed by atoms with E-state index in [9.17, 15) is 14.4 Å². The highest BCUT2D eigenvalue weighted by molar-refractivity contribution is 9.10. The molecule has 0 atom stereocenters. The normalized spacial score (nSPS) is 14.6. The van der Waals surface area contributed by atoms with Gasteiger partial charge in [0.05, 0.1) is 24.1 Å². The number of imide groups is 1. The molecule has 1 saturated heterocycles. The van der Waals surface area contributed by atoms with Crippen LogP contribution in [0.25, 0.3) is 6.08 Å². The molecule has 1 aliphatic heterocycles. The highest BCUT2D eigenvalue weighted by atomic mass is 79.9. The Hall–Kier alpha value is -3.07. The van der Waals surface area contributed by atoms with Gasteiger partial charge in [-0.15, -0.1) is 0 Å². The van der Waals surface area contributed by atoms with E-state index in [-0.39, 0.29) is 28.3 Å². The van der Waals surface area contributed by atoms with E-state index in [1.807, 2.05) is 6.07 Å². The maximum Gasteiger partial charge on any atom is 0.343 e. The molecule has 1 heterocycles. The third kappa shape index (κ3) is 5.52. The third-order valence-electron chi connectivity index (χ3n) is 4.85. The Labute approximate surface area is 213 Å². The SMILES string of the molecule is COc1cc(/C=C2\SC(=O)N(Cc3cccc(Cl)c3)C2=O)ccc1OC(=O)c1cccc(Br)c1. The Morgan fingerprint density at radius 2 is 1.85 bits per heavy atom. The second-order valence-corrected chi connectivity index (χ2v) is 9.55. The number of nitrogens with zero attached hydrogens (tertiary/aromatic N) is 1. The first-order valence-corrected chi connectivity index (χ1v) is 12.0. The van der Waals surface area contributed by atoms with Crippen molar-refractivity contribution in [1.29, 1.82) is 0 Å². The zero-order valence-corrected chi connectivity index (χ0v) is 20.9. The lowest BCUT2D eigenvalue weighted by molar-refractivity contribution is -0.123. The molecule has 2 amide bonds. The first-order chi connectivity index (χ1) is 16.3. The van der Waals surface area contributed by atoms with Gasteiger partial charge in [-0.05, 0) is 71.4 Å². The quantitative estimate of drug-likeness (QED) is 0.194. The zero-order chi connectivity index (χ0) is 24.2. The van der Waals surface area contributed by atoms with Gasteiger partial charge in [-0.25, -0.2) is 4.79 Å². The lowest BCUT2D eigenvalue weighted by Crippen LogP contribution is -2.27. The van der Waals surface area contributed by atoms with E-state index in [1.165, 1.54) is 12.0 Å². The van der Waals surface area contributed by atoms with Crippen LogP contribution in [-0.2, 0) is 11.3 Å². The maximum absolute atomic E-state index is 12.8. The van der Waals surface area contributed by atoms with Gasteiger partial charge in [0.15, 0.2) is 11.5 Å². The summed E-state index contributed by atoms with van der Waals surface area (Å²) in [5.41, 5.74) is 1.76. The monoisotopic (exact) mass is 557 g/mol. The van der Waals surface area contributed by atoms with Gasteiger partial charge in [0.25, 0.3) is 11.1 Å². The summed E-state index contributed by atoms with van der Waals surface area (Å²) in [7, 11) is 1.45. The first kappa shape index (κ1) is 24.1. The number of thioether (sulfide) groups is 1. The fourth-order valence-electron chi connectivity index (χ4n) is 3.24. The Morgan fingerprint density at radius 1 is 1.06 bits per heavy atom. The van der Waals surface area contributed by atoms with E-state index in [2.05, 4.69) is 15.9 Å². The zero-order valence-electron chi connectivity index (χ0n) is 17.8. The average molecular weight is 559 g/mol. The molecule has 9 heteroatoms. The molecule has 0 N–H and O–H groups in total. The van der Waals surface area contributed by atoms with Crippen molar-refractivity contribution in [2.75, 3.05) is 7.11 Å². The number of esters is 1. The molecular weight excluding hydrogens is 542 g/mol. The summed E-state index contributed by atoms with van der Waals surface area (Å²) in [6.07, 6.45) is 1.60. The van der Waals surface area contributed by atoms with Crippen molar-refractivity contribution in [3.8, 4) is 11.5 Å². The summed E-state index contributed by atoms with van der Waals surface area (Å²) in [5, 5.41) is 0.176. The first-order valence-electron chi connectivity index (χ1n) is 9.99. The number of carbonyl (C=O) groups excluding carboxylic acids is 3. The molecule has 0 radical (unpaired) electrons. The largest absolute Gasteiger partial charge is 0.493 e. The second kappa shape index (κ2) is 10.5. The molecule has 0 unspecified atom stereocenters. The Morgan fingerprint density at radius 3 is 2.59 bits per heavy atom. The van der Waals surface area contributed by atoms with Crippen LogP contribution >= 0.6 is 39.3 Å². The number of hydrogen-bond donors (Lipinski definition) is 0. The van der Waals surface area contributed by atoms with Crippen LogP contribution in [0.2, 0.25) is 5.02 Å². The van der Waals surface area contributed by atoms with E-state index >= 15 is 0 Å². The summed E-state index contributed by atoms with van der Waals surface area (Å²) in [6.45, 7) is 0.135. The number of benzene rings is 3. The van der Waals surface area contributed by atoms with Crippen LogP contribution in [0.1, 0.15) is 21.5 Å². The van der Waals surface area contributed by atoms with Crippen LogP contribution in [0, 0.1) is 0 Å². The van der Waals surface area contributed by atoms with Crippen molar-refractivity contribution in [1.82, 2.24) is 4.90 Å². The number of rotatable bonds is 6. The topological polar surface area (TPSA) is 72.9 Å². The predicted octanol–water partition coefficient (Wildman–Crippen LogP) is 6.57. The predicted molar refractivity (Wildman–Crippen MR) is 135 cm³/mol. The molecule has 0 saturated carbocycles. The molecule has 0 bridgehead atoms. The van der Waals surface area contributed by atoms with Crippen molar-refractivity contribution >= 4 is 62.5 Å². The molecule has 3 aromatic rings. The van der Waals surface area contributed by atoms with E-state index < -0.39 is 5.97 Å². The molecule has 172 valence electrons. The van der Waals surface area contributed by atoms with Gasteiger partial charge in [0.2, 0.25) is 0 Å². The molecule has 1 fully saturated rings. The van der Waals surface area contributed by atoms with Gasteiger partial charge < -0.3 is 9.47 Å². The molecule has 0 aliphatic carbocycles. The summed E-state index contributed by atoms with van der Waals surface area (Å²) < 4.78 is 11.6. The Balaban J connectivity index is 1.52. The van der Waals surface area contributed by atoms with Crippen LogP contribution < -0.4 is 9.47 Å². The van der Waals surface area contributed by atoms with Crippen molar-refractivity contribution in [3.05, 3.63) is 97.8 Å². The number of ether oxygens (including phenoxy) is 2. The smallest absolute Gasteiger partial charge is 0.343 e. The molecule has 34 heavy (non-hydrogen) atoms. The third-order valence-corrected chi connectivity index (χ3v) is 6.49. The summed E-state index contributed by atoms with van der Waals surface area (Å²) in [6, 6.07) is 18.8. The van der Waals surface area contributed by atoms with Crippen molar-refractivity contribution in [2.24, 2.45) is 0 Å². The van der Waals surface area contributed by atoms with Crippen LogP contribution in [0.3, 0.4) is 0 Å². The second-order valence-electron chi connectivity index (χ2n) is 7.21. The molecule has 0 spiro atoms. The minimum absolute atomic E-state index is 0.135. The van der Waals surface area contributed by atoms with Gasteiger partial charge in [-0.2, -0.15) is 0 Å². The van der Waals surface area contributed by atoms with Crippen molar-refractivity contribution < 1.29 is 23.9 Å². The average Bonchev–Trinajstić information content (AvgIpc) is 3.07. The Kier molecular flexibility index (Phi) is 7.41. The fourth-order valence-corrected chi connectivity index (χ4v) is 4.69. The van der Waals surface area contributed by atoms with Crippen LogP contribution in [0.4, 0.5) is 4.79 Å². The number of carbonyl (C=O) groups is 3. The van der Waals surface area contributed by atoms with Gasteiger partial charge in [-0.3, -0.25) is 14.5 Å². The highest BCUT2D eigenvalue weighted by Gasteiger charge is 2.35. The van der Waals surface area contributed by atoms with E-state index in [0.717, 1.165) is 21.8 Å². The minimum atomic E-state index is -0.533. The molecule has 1 aliphatic rings. The summed E-state index contributed by atoms with van der Waals surface area (Å²) >= 11 is 10.2. The molecular formula is C25H17BrClNO5S. The van der Waals surface area contributed by atoms with Gasteiger partial charge in [-0.1, -0.05) is 51.8 Å². The molecule has 4 rings (SSSR count). The maximum atomic E-state index is 12.8. The van der Waals surface area contributed by atoms with Crippen LogP contribution in [0.5, 0.6) is 11.5 Å². The number of amides is 2. The Bertz CT molecular complexity index is 1330.